The zero-order chi connectivity index (χ0) is 16.9. The van der Waals surface area contributed by atoms with Crippen LogP contribution in [-0.4, -0.2) is 36.4 Å². The lowest BCUT2D eigenvalue weighted by Gasteiger charge is -2.44. The lowest BCUT2D eigenvalue weighted by atomic mass is 9.71. The molecule has 1 heterocycles. The Labute approximate surface area is 140 Å². The van der Waals surface area contributed by atoms with E-state index in [9.17, 15) is 9.59 Å². The molecule has 2 amide bonds. The number of benzene rings is 1. The van der Waals surface area contributed by atoms with Gasteiger partial charge in [0.05, 0.1) is 7.11 Å². The number of likely N-dealkylation sites (N-methyl/N-ethyl adjacent to an activating group) is 1. The summed E-state index contributed by atoms with van der Waals surface area (Å²) in [4.78, 5) is 27.2. The molecule has 5 heteroatoms. The lowest BCUT2D eigenvalue weighted by molar-refractivity contribution is -0.128. The van der Waals surface area contributed by atoms with Crippen molar-refractivity contribution in [3.05, 3.63) is 65.5 Å². The molecular formula is C19H18N2O3. The molecule has 0 aromatic heterocycles. The Morgan fingerprint density at radius 1 is 1.33 bits per heavy atom. The summed E-state index contributed by atoms with van der Waals surface area (Å²) in [5.41, 5.74) is 0.990. The van der Waals surface area contributed by atoms with Gasteiger partial charge in [0.1, 0.15) is 16.9 Å². The minimum absolute atomic E-state index is 0.163. The van der Waals surface area contributed by atoms with Gasteiger partial charge in [0.15, 0.2) is 0 Å². The third-order valence-electron chi connectivity index (χ3n) is 5.05. The van der Waals surface area contributed by atoms with Crippen LogP contribution in [0.1, 0.15) is 6.42 Å². The van der Waals surface area contributed by atoms with Gasteiger partial charge in [0.25, 0.3) is 11.8 Å². The number of rotatable bonds is 3. The van der Waals surface area contributed by atoms with Crippen molar-refractivity contribution in [1.82, 2.24) is 4.90 Å². The molecule has 4 aliphatic rings. The highest BCUT2D eigenvalue weighted by Gasteiger charge is 2.56. The molecule has 5 rings (SSSR count). The predicted molar refractivity (Wildman–Crippen MR) is 89.9 cm³/mol. The minimum atomic E-state index is -0.746. The molecule has 2 atom stereocenters. The van der Waals surface area contributed by atoms with E-state index in [1.54, 1.807) is 31.2 Å². The first-order valence-electron chi connectivity index (χ1n) is 7.91. The van der Waals surface area contributed by atoms with Crippen molar-refractivity contribution < 1.29 is 14.3 Å². The van der Waals surface area contributed by atoms with Crippen LogP contribution >= 0.6 is 0 Å². The van der Waals surface area contributed by atoms with Crippen molar-refractivity contribution >= 4 is 17.5 Å². The van der Waals surface area contributed by atoms with Crippen molar-refractivity contribution in [1.29, 1.82) is 0 Å². The van der Waals surface area contributed by atoms with Gasteiger partial charge in [-0.3, -0.25) is 9.59 Å². The van der Waals surface area contributed by atoms with Crippen LogP contribution in [0.3, 0.4) is 0 Å². The SMILES string of the molecule is COC1=CC2C=CC13C(=C(C(=O)Nc1ccccc1)C(=O)N3C)C2. The number of methoxy groups -OCH3 is 1. The molecule has 0 radical (unpaired) electrons. The number of carbonyl (C=O) groups is 2. The van der Waals surface area contributed by atoms with E-state index in [2.05, 4.69) is 11.4 Å². The number of para-hydroxylation sites is 1. The van der Waals surface area contributed by atoms with Gasteiger partial charge >= 0.3 is 0 Å². The summed E-state index contributed by atoms with van der Waals surface area (Å²) in [6.45, 7) is 0. The number of amides is 2. The number of ether oxygens (including phenoxy) is 1. The number of anilines is 1. The van der Waals surface area contributed by atoms with Crippen molar-refractivity contribution in [3.8, 4) is 0 Å². The number of nitrogens with one attached hydrogen (secondary N) is 1. The Morgan fingerprint density at radius 3 is 2.79 bits per heavy atom. The predicted octanol–water partition coefficient (Wildman–Crippen LogP) is 2.25. The number of carbonyl (C=O) groups excluding carboxylic acids is 2. The Balaban J connectivity index is 1.78. The first-order valence-corrected chi connectivity index (χ1v) is 7.91. The average molecular weight is 322 g/mol. The number of nitrogens with zero attached hydrogens (tertiary/aromatic N) is 1. The summed E-state index contributed by atoms with van der Waals surface area (Å²) in [6.07, 6.45) is 6.76. The van der Waals surface area contributed by atoms with Crippen LogP contribution < -0.4 is 5.32 Å². The fourth-order valence-corrected chi connectivity index (χ4v) is 3.89. The number of hydrogen-bond donors (Lipinski definition) is 1. The van der Waals surface area contributed by atoms with Crippen LogP contribution in [0.5, 0.6) is 0 Å². The minimum Gasteiger partial charge on any atom is -0.498 e. The molecule has 0 fully saturated rings. The summed E-state index contributed by atoms with van der Waals surface area (Å²) in [5, 5.41) is 2.83. The highest BCUT2D eigenvalue weighted by atomic mass is 16.5. The van der Waals surface area contributed by atoms with Gasteiger partial charge < -0.3 is 15.0 Å². The quantitative estimate of drug-likeness (QED) is 0.686. The molecule has 2 bridgehead atoms. The number of allylic oxidation sites excluding steroid dienone is 2. The van der Waals surface area contributed by atoms with Crippen LogP contribution in [0, 0.1) is 5.92 Å². The van der Waals surface area contributed by atoms with E-state index in [-0.39, 0.29) is 23.3 Å². The van der Waals surface area contributed by atoms with Gasteiger partial charge in [0.2, 0.25) is 0 Å². The molecule has 24 heavy (non-hydrogen) atoms. The lowest BCUT2D eigenvalue weighted by Crippen LogP contribution is -2.50. The molecule has 3 aliphatic carbocycles. The van der Waals surface area contributed by atoms with Gasteiger partial charge in [-0.2, -0.15) is 0 Å². The maximum atomic E-state index is 12.8. The van der Waals surface area contributed by atoms with Gasteiger partial charge in [-0.1, -0.05) is 30.4 Å². The molecule has 122 valence electrons. The molecule has 1 spiro atoms. The van der Waals surface area contributed by atoms with Crippen LogP contribution in [0.4, 0.5) is 5.69 Å². The van der Waals surface area contributed by atoms with Gasteiger partial charge in [0, 0.05) is 18.7 Å². The Morgan fingerprint density at radius 2 is 2.08 bits per heavy atom. The third kappa shape index (κ3) is 1.81. The van der Waals surface area contributed by atoms with Gasteiger partial charge in [-0.05, 0) is 30.2 Å². The van der Waals surface area contributed by atoms with E-state index in [1.807, 2.05) is 30.4 Å². The van der Waals surface area contributed by atoms with E-state index >= 15 is 0 Å². The van der Waals surface area contributed by atoms with Crippen LogP contribution in [-0.2, 0) is 14.3 Å². The largest absolute Gasteiger partial charge is 0.498 e. The van der Waals surface area contributed by atoms with Gasteiger partial charge in [-0.25, -0.2) is 0 Å². The second-order valence-corrected chi connectivity index (χ2v) is 6.27. The zero-order valence-corrected chi connectivity index (χ0v) is 13.6. The standard InChI is InChI=1S/C19H18N2O3/c1-21-18(23)16(17(22)20-13-6-4-3-5-7-13)14-10-12-8-9-19(14,21)15(11-12)24-2/h3-9,11-12H,10H2,1-2H3,(H,20,22). The fourth-order valence-electron chi connectivity index (χ4n) is 3.89. The van der Waals surface area contributed by atoms with Crippen molar-refractivity contribution in [2.75, 3.05) is 19.5 Å². The summed E-state index contributed by atoms with van der Waals surface area (Å²) in [5.74, 6) is 0.250. The molecule has 0 saturated heterocycles. The molecular weight excluding hydrogens is 304 g/mol. The molecule has 1 aromatic carbocycles. The second-order valence-electron chi connectivity index (χ2n) is 6.27. The summed E-state index contributed by atoms with van der Waals surface area (Å²) in [7, 11) is 3.32. The molecule has 1 aromatic rings. The smallest absolute Gasteiger partial charge is 0.261 e. The molecule has 0 saturated carbocycles. The van der Waals surface area contributed by atoms with Crippen LogP contribution in [0.15, 0.2) is 65.5 Å². The van der Waals surface area contributed by atoms with E-state index in [4.69, 9.17) is 4.74 Å². The summed E-state index contributed by atoms with van der Waals surface area (Å²) < 4.78 is 5.54. The Kier molecular flexibility index (Phi) is 3.13. The van der Waals surface area contributed by atoms with Gasteiger partial charge in [-0.15, -0.1) is 0 Å². The number of hydrogen-bond acceptors (Lipinski definition) is 3. The average Bonchev–Trinajstić information content (AvgIpc) is 2.84. The zero-order valence-electron chi connectivity index (χ0n) is 13.6. The monoisotopic (exact) mass is 322 g/mol. The van der Waals surface area contributed by atoms with E-state index in [0.717, 1.165) is 11.3 Å². The topological polar surface area (TPSA) is 58.6 Å². The Bertz CT molecular complexity index is 822. The highest BCUT2D eigenvalue weighted by molar-refractivity contribution is 6.25. The highest BCUT2D eigenvalue weighted by Crippen LogP contribution is 2.51. The fraction of sp³-hybridized carbons (Fsp3) is 0.263. The summed E-state index contributed by atoms with van der Waals surface area (Å²) >= 11 is 0. The van der Waals surface area contributed by atoms with Crippen molar-refractivity contribution in [2.45, 2.75) is 12.0 Å². The third-order valence-corrected chi connectivity index (χ3v) is 5.05. The second kappa shape index (κ2) is 5.09. The Hall–Kier alpha value is -2.82. The molecule has 1 N–H and O–H groups in total. The van der Waals surface area contributed by atoms with E-state index < -0.39 is 5.54 Å². The molecule has 1 aliphatic heterocycles. The maximum absolute atomic E-state index is 12.8. The van der Waals surface area contributed by atoms with Crippen molar-refractivity contribution in [2.24, 2.45) is 5.92 Å². The maximum Gasteiger partial charge on any atom is 0.261 e. The van der Waals surface area contributed by atoms with Crippen LogP contribution in [0.25, 0.3) is 0 Å². The first kappa shape index (κ1) is 14.8. The normalized spacial score (nSPS) is 27.2. The molecule has 5 nitrogen and oxygen atoms in total. The van der Waals surface area contributed by atoms with E-state index in [0.29, 0.717) is 12.1 Å². The first-order chi connectivity index (χ1) is 11.6. The van der Waals surface area contributed by atoms with Crippen LogP contribution in [0.2, 0.25) is 0 Å². The summed E-state index contributed by atoms with van der Waals surface area (Å²) in [6, 6.07) is 9.16. The molecule has 2 unspecified atom stereocenters. The van der Waals surface area contributed by atoms with E-state index in [1.165, 1.54) is 0 Å². The van der Waals surface area contributed by atoms with Crippen molar-refractivity contribution in [3.63, 3.8) is 0 Å².